The summed E-state index contributed by atoms with van der Waals surface area (Å²) in [5.74, 6) is 0.665. The van der Waals surface area contributed by atoms with Crippen molar-refractivity contribution >= 4 is 26.0 Å². The molecular formula is C15H21BrN2O3S. The zero-order valence-corrected chi connectivity index (χ0v) is 15.0. The third-order valence-corrected chi connectivity index (χ3v) is 6.81. The van der Waals surface area contributed by atoms with Crippen molar-refractivity contribution in [1.29, 1.82) is 0 Å². The van der Waals surface area contributed by atoms with Gasteiger partial charge in [-0.15, -0.1) is 0 Å². The van der Waals surface area contributed by atoms with Crippen LogP contribution >= 0.6 is 15.9 Å². The number of nitrogens with one attached hydrogen (secondary N) is 1. The van der Waals surface area contributed by atoms with E-state index < -0.39 is 10.0 Å². The molecule has 2 unspecified atom stereocenters. The highest BCUT2D eigenvalue weighted by molar-refractivity contribution is 9.10. The Morgan fingerprint density at radius 1 is 1.32 bits per heavy atom. The van der Waals surface area contributed by atoms with Crippen molar-refractivity contribution in [3.05, 3.63) is 22.7 Å². The number of fused-ring (bicyclic) bond motifs is 2. The lowest BCUT2D eigenvalue weighted by Crippen LogP contribution is -2.39. The molecule has 2 heterocycles. The predicted octanol–water partition coefficient (Wildman–Crippen LogP) is 2.36. The van der Waals surface area contributed by atoms with Crippen LogP contribution in [0.1, 0.15) is 26.2 Å². The maximum Gasteiger partial charge on any atom is 0.243 e. The third kappa shape index (κ3) is 3.18. The number of hydrogen-bond acceptors (Lipinski definition) is 4. The fourth-order valence-corrected chi connectivity index (χ4v) is 5.36. The van der Waals surface area contributed by atoms with Gasteiger partial charge in [0.15, 0.2) is 0 Å². The fraction of sp³-hybridized carbons (Fsp3) is 0.600. The van der Waals surface area contributed by atoms with Gasteiger partial charge in [-0.1, -0.05) is 0 Å². The van der Waals surface area contributed by atoms with Crippen LogP contribution in [-0.2, 0) is 10.0 Å². The number of rotatable bonds is 4. The van der Waals surface area contributed by atoms with E-state index in [9.17, 15) is 8.42 Å². The molecular weight excluding hydrogens is 368 g/mol. The van der Waals surface area contributed by atoms with E-state index in [1.807, 2.05) is 6.92 Å². The first-order chi connectivity index (χ1) is 10.5. The monoisotopic (exact) mass is 388 g/mol. The first-order valence-electron chi connectivity index (χ1n) is 7.69. The van der Waals surface area contributed by atoms with Crippen LogP contribution in [0.4, 0.5) is 0 Å². The van der Waals surface area contributed by atoms with E-state index >= 15 is 0 Å². The molecule has 5 nitrogen and oxygen atoms in total. The Hall–Kier alpha value is -0.630. The summed E-state index contributed by atoms with van der Waals surface area (Å²) in [6, 6.07) is 5.73. The van der Waals surface area contributed by atoms with Crippen molar-refractivity contribution in [3.63, 3.8) is 0 Å². The lowest BCUT2D eigenvalue weighted by Gasteiger charge is -2.24. The van der Waals surface area contributed by atoms with Crippen molar-refractivity contribution in [3.8, 4) is 5.75 Å². The molecule has 2 bridgehead atoms. The highest BCUT2D eigenvalue weighted by Crippen LogP contribution is 2.30. The van der Waals surface area contributed by atoms with Crippen LogP contribution in [0.25, 0.3) is 0 Å². The Morgan fingerprint density at radius 3 is 2.82 bits per heavy atom. The smallest absolute Gasteiger partial charge is 0.243 e. The molecule has 2 aliphatic rings. The highest BCUT2D eigenvalue weighted by Gasteiger charge is 2.35. The topological polar surface area (TPSA) is 58.6 Å². The highest BCUT2D eigenvalue weighted by atomic mass is 79.9. The summed E-state index contributed by atoms with van der Waals surface area (Å²) in [5.41, 5.74) is 0. The molecule has 0 radical (unpaired) electrons. The molecule has 0 spiro atoms. The summed E-state index contributed by atoms with van der Waals surface area (Å²) >= 11 is 3.39. The standard InChI is InChI=1S/C15H21BrN2O3S/c1-2-21-15-6-5-13(9-14(15)16)22(19,20)18-8-7-11-3-4-12(10-18)17-11/h5-6,9,11-12,17H,2-4,7-8,10H2,1H3. The van der Waals surface area contributed by atoms with Crippen LogP contribution < -0.4 is 10.1 Å². The van der Waals surface area contributed by atoms with Gasteiger partial charge in [0.2, 0.25) is 10.0 Å². The Kier molecular flexibility index (Phi) is 4.77. The van der Waals surface area contributed by atoms with Gasteiger partial charge in [0, 0.05) is 25.2 Å². The van der Waals surface area contributed by atoms with Crippen LogP contribution in [0, 0.1) is 0 Å². The van der Waals surface area contributed by atoms with E-state index in [-0.39, 0.29) is 6.04 Å². The molecule has 1 N–H and O–H groups in total. The summed E-state index contributed by atoms with van der Waals surface area (Å²) in [4.78, 5) is 0.320. The van der Waals surface area contributed by atoms with E-state index in [2.05, 4.69) is 21.2 Å². The average Bonchev–Trinajstić information content (AvgIpc) is 2.80. The summed E-state index contributed by atoms with van der Waals surface area (Å²) in [7, 11) is -3.45. The average molecular weight is 389 g/mol. The van der Waals surface area contributed by atoms with Crippen molar-refractivity contribution in [2.24, 2.45) is 0 Å². The minimum Gasteiger partial charge on any atom is -0.493 e. The van der Waals surface area contributed by atoms with Crippen LogP contribution in [-0.4, -0.2) is 44.5 Å². The Labute approximate surface area is 140 Å². The molecule has 0 aliphatic carbocycles. The van der Waals surface area contributed by atoms with E-state index in [1.165, 1.54) is 0 Å². The summed E-state index contributed by atoms with van der Waals surface area (Å²) < 4.78 is 33.5. The normalized spacial score (nSPS) is 25.9. The van der Waals surface area contributed by atoms with Gasteiger partial charge in [-0.3, -0.25) is 0 Å². The van der Waals surface area contributed by atoms with Gasteiger partial charge in [-0.2, -0.15) is 4.31 Å². The summed E-state index contributed by atoms with van der Waals surface area (Å²) in [6.07, 6.45) is 3.10. The van der Waals surface area contributed by atoms with E-state index in [0.29, 0.717) is 40.9 Å². The van der Waals surface area contributed by atoms with Crippen molar-refractivity contribution in [2.75, 3.05) is 19.7 Å². The second kappa shape index (κ2) is 6.47. The van der Waals surface area contributed by atoms with Crippen molar-refractivity contribution < 1.29 is 13.2 Å². The van der Waals surface area contributed by atoms with Crippen LogP contribution in [0.15, 0.2) is 27.6 Å². The summed E-state index contributed by atoms with van der Waals surface area (Å²) in [5, 5.41) is 3.51. The second-order valence-electron chi connectivity index (χ2n) is 5.81. The second-order valence-corrected chi connectivity index (χ2v) is 8.61. The van der Waals surface area contributed by atoms with Gasteiger partial charge in [-0.05, 0) is 60.3 Å². The first kappa shape index (κ1) is 16.2. The van der Waals surface area contributed by atoms with Gasteiger partial charge in [0.1, 0.15) is 5.75 Å². The molecule has 2 aliphatic heterocycles. The maximum atomic E-state index is 12.9. The molecule has 0 aromatic heterocycles. The largest absolute Gasteiger partial charge is 0.493 e. The lowest BCUT2D eigenvalue weighted by molar-refractivity contribution is 0.337. The SMILES string of the molecule is CCOc1ccc(S(=O)(=O)N2CCC3CCC(C2)N3)cc1Br. The molecule has 0 saturated carbocycles. The molecule has 122 valence electrons. The molecule has 2 saturated heterocycles. The lowest BCUT2D eigenvalue weighted by atomic mass is 10.1. The minimum atomic E-state index is -3.45. The minimum absolute atomic E-state index is 0.286. The molecule has 7 heteroatoms. The van der Waals surface area contributed by atoms with Gasteiger partial charge < -0.3 is 10.1 Å². The zero-order valence-electron chi connectivity index (χ0n) is 12.6. The molecule has 0 amide bonds. The third-order valence-electron chi connectivity index (χ3n) is 4.33. The quantitative estimate of drug-likeness (QED) is 0.859. The van der Waals surface area contributed by atoms with E-state index in [4.69, 9.17) is 4.74 Å². The number of nitrogens with zero attached hydrogens (tertiary/aromatic N) is 1. The van der Waals surface area contributed by atoms with Crippen molar-refractivity contribution in [2.45, 2.75) is 43.2 Å². The van der Waals surface area contributed by atoms with Gasteiger partial charge in [0.25, 0.3) is 0 Å². The van der Waals surface area contributed by atoms with Crippen LogP contribution in [0.5, 0.6) is 5.75 Å². The first-order valence-corrected chi connectivity index (χ1v) is 9.92. The number of halogens is 1. The number of sulfonamides is 1. The predicted molar refractivity (Wildman–Crippen MR) is 88.6 cm³/mol. The maximum absolute atomic E-state index is 12.9. The zero-order chi connectivity index (χ0) is 15.7. The molecule has 2 atom stereocenters. The summed E-state index contributed by atoms with van der Waals surface area (Å²) in [6.45, 7) is 3.59. The Morgan fingerprint density at radius 2 is 2.09 bits per heavy atom. The molecule has 22 heavy (non-hydrogen) atoms. The Bertz CT molecular complexity index is 650. The van der Waals surface area contributed by atoms with Crippen molar-refractivity contribution in [1.82, 2.24) is 9.62 Å². The van der Waals surface area contributed by atoms with Gasteiger partial charge in [-0.25, -0.2) is 8.42 Å². The number of benzene rings is 1. The van der Waals surface area contributed by atoms with E-state index in [0.717, 1.165) is 19.3 Å². The van der Waals surface area contributed by atoms with Crippen LogP contribution in [0.3, 0.4) is 0 Å². The molecule has 2 fully saturated rings. The molecule has 1 aromatic carbocycles. The fourth-order valence-electron chi connectivity index (χ4n) is 3.19. The van der Waals surface area contributed by atoms with Gasteiger partial charge >= 0.3 is 0 Å². The van der Waals surface area contributed by atoms with Gasteiger partial charge in [0.05, 0.1) is 16.0 Å². The molecule has 3 rings (SSSR count). The number of ether oxygens (including phenoxy) is 1. The van der Waals surface area contributed by atoms with E-state index in [1.54, 1.807) is 22.5 Å². The van der Waals surface area contributed by atoms with Crippen LogP contribution in [0.2, 0.25) is 0 Å². The number of hydrogen-bond donors (Lipinski definition) is 1. The molecule has 1 aromatic rings. The Balaban J connectivity index is 1.84.